The molecule has 10 N–H and O–H groups in total. The highest BCUT2D eigenvalue weighted by Gasteiger charge is 2.61. The Morgan fingerprint density at radius 1 is 0.400 bits per heavy atom. The highest BCUT2D eigenvalue weighted by atomic mass is 16.6. The maximum absolute atomic E-state index is 11.7. The number of hydrogen-bond acceptors (Lipinski definition) is 18. The average Bonchev–Trinajstić information content (AvgIpc) is 0.793. The van der Waals surface area contributed by atoms with Crippen molar-refractivity contribution in [2.75, 3.05) is 41.7 Å². The number of nitrogens with one attached hydrogen (secondary N) is 4. The van der Waals surface area contributed by atoms with Gasteiger partial charge in [0.1, 0.15) is 87.5 Å². The fourth-order valence-corrected chi connectivity index (χ4v) is 14.6. The Kier molecular flexibility index (Phi) is 34.6. The van der Waals surface area contributed by atoms with Crippen molar-refractivity contribution >= 4 is 50.7 Å². The lowest BCUT2D eigenvalue weighted by molar-refractivity contribution is -0.399. The number of carbonyl (C=O) groups excluding carboxylic acids is 4. The van der Waals surface area contributed by atoms with Gasteiger partial charge in [0.15, 0.2) is 0 Å². The Morgan fingerprint density at radius 2 is 0.664 bits per heavy atom. The van der Waals surface area contributed by atoms with Gasteiger partial charge in [-0.2, -0.15) is 0 Å². The second kappa shape index (κ2) is 42.5. The van der Waals surface area contributed by atoms with Crippen LogP contribution in [0, 0.1) is 50.0 Å². The maximum Gasteiger partial charge on any atom is 0.332 e. The summed E-state index contributed by atoms with van der Waals surface area (Å²) in [6.45, 7) is 63.8. The zero-order chi connectivity index (χ0) is 81.5. The van der Waals surface area contributed by atoms with Crippen LogP contribution in [0.4, 0.5) is 0 Å². The third-order valence-electron chi connectivity index (χ3n) is 20.5. The molecule has 0 radical (unpaired) electrons. The fraction of sp³-hybridized carbons (Fsp3) is 0.429. The summed E-state index contributed by atoms with van der Waals surface area (Å²) in [7, 11) is 6.34. The lowest BCUT2D eigenvalue weighted by Crippen LogP contribution is -2.71. The molecular weight excluding hydrogens is 1410 g/mol. The van der Waals surface area contributed by atoms with Gasteiger partial charge < -0.3 is 68.5 Å². The van der Waals surface area contributed by atoms with E-state index in [2.05, 4.69) is 92.5 Å². The van der Waals surface area contributed by atoms with Crippen LogP contribution in [0.2, 0.25) is 0 Å². The van der Waals surface area contributed by atoms with Crippen molar-refractivity contribution in [2.45, 2.75) is 162 Å². The molecule has 4 unspecified atom stereocenters. The standard InChI is InChI=1S/C21H26N2O5.C21H24N2O5.C21H26N2O4.C21H24N2O4/c2*1-14(22-2)21(23-3,12-15-5-8-17(27-4)9-6-15)18-11-16(25)7-10-19(18)28-20(26)13-24;2*1-14(22-3)21(23-4,13-16-6-9-18(26-5)10-7-16)19-12-17(25)8-11-20(19)27-15(2)24/h5-6,8-9,16,18-19,24-25H,1-2,7,10-13H2,4H3;5-10,16,18-19,24-25H,1-2,11-13H2,4H3;6-7,9-10,17,19-20,25H,1,3,8,11-13H2,2,5H3;6-11,17,19-20,25H,1,3,12-13H2,2,5H3/p+4/t2*16-,18-,19-,21?;2*17-,19-,20-,21?/m0000/s1. The minimum Gasteiger partial charge on any atom is -0.497 e. The van der Waals surface area contributed by atoms with Crippen molar-refractivity contribution < 1.29 is 108 Å². The molecule has 0 spiro atoms. The first-order valence-corrected chi connectivity index (χ1v) is 35.5. The lowest BCUT2D eigenvalue weighted by atomic mass is 9.68. The molecule has 2 fully saturated rings. The van der Waals surface area contributed by atoms with Gasteiger partial charge in [-0.15, -0.1) is 0 Å². The molecule has 8 rings (SSSR count). The number of ether oxygens (including phenoxy) is 8. The van der Waals surface area contributed by atoms with Crippen LogP contribution in [0.1, 0.15) is 87.5 Å². The van der Waals surface area contributed by atoms with Crippen LogP contribution in [-0.4, -0.2) is 194 Å². The van der Waals surface area contributed by atoms with Crippen molar-refractivity contribution in [1.82, 2.24) is 0 Å². The Hall–Kier alpha value is -11.2. The number of aliphatic hydroxyl groups is 6. The summed E-state index contributed by atoms with van der Waals surface area (Å²) in [5, 5.41) is 59.0. The molecule has 584 valence electrons. The highest BCUT2D eigenvalue weighted by Crippen LogP contribution is 2.46. The highest BCUT2D eigenvalue weighted by molar-refractivity contribution is 5.71. The summed E-state index contributed by atoms with van der Waals surface area (Å²) in [5.41, 5.74) is 0.491. The van der Waals surface area contributed by atoms with Crippen LogP contribution in [0.3, 0.4) is 0 Å². The predicted molar refractivity (Wildman–Crippen MR) is 411 cm³/mol. The van der Waals surface area contributed by atoms with E-state index in [0.29, 0.717) is 85.7 Å². The molecule has 2 saturated carbocycles. The SMILES string of the molecule is [C-]#[N+]C(Cc1ccc(OC)cc1)(C(=C)[NH+]=C)[C@H]1C[C@@H](O)C=C[C@@H]1OC(=O)CO.[C-]#[N+]C(Cc1ccc(OC)cc1)(C(=C)[NH+]=C)[C@H]1C[C@@H](O)C=C[C@@H]1OC(C)=O.[C-]#[N+]C(Cc1ccc(OC)cc1)(C(=C)[NH+]=C)[C@H]1C[C@@H](O)CC[C@@H]1OC(=O)CO.[C-]#[N+]C(Cc1ccc(OC)cc1)(C(=C)[NH+]=C)[C@H]1C[C@@H](O)CC[C@@H]1OC(C)=O. The average molecular weight is 1510 g/mol. The molecule has 0 aliphatic heterocycles. The Morgan fingerprint density at radius 3 is 0.918 bits per heavy atom. The fourth-order valence-electron chi connectivity index (χ4n) is 14.6. The molecule has 110 heavy (non-hydrogen) atoms. The van der Waals surface area contributed by atoms with Crippen LogP contribution in [0.5, 0.6) is 23.0 Å². The molecule has 0 saturated heterocycles. The van der Waals surface area contributed by atoms with Crippen LogP contribution < -0.4 is 38.9 Å². The van der Waals surface area contributed by atoms with Crippen molar-refractivity contribution in [1.29, 1.82) is 0 Å². The van der Waals surface area contributed by atoms with E-state index in [0.717, 1.165) is 33.8 Å². The molecule has 4 aromatic rings. The van der Waals surface area contributed by atoms with Gasteiger partial charge in [-0.1, -0.05) is 60.7 Å². The normalized spacial score (nSPS) is 23.6. The van der Waals surface area contributed by atoms with Gasteiger partial charge in [0.05, 0.1) is 102 Å². The molecule has 0 aromatic heterocycles. The van der Waals surface area contributed by atoms with Gasteiger partial charge in [-0.25, -0.2) is 55.8 Å². The first kappa shape index (κ1) is 89.4. The van der Waals surface area contributed by atoms with E-state index in [9.17, 15) is 39.6 Å². The Balaban J connectivity index is 0.000000263. The molecule has 26 nitrogen and oxygen atoms in total. The molecule has 26 heteroatoms. The summed E-state index contributed by atoms with van der Waals surface area (Å²) in [5.74, 6) is -1.52. The van der Waals surface area contributed by atoms with Gasteiger partial charge in [-0.05, 0) is 161 Å². The quantitative estimate of drug-likeness (QED) is 0.0118. The van der Waals surface area contributed by atoms with Crippen molar-refractivity contribution in [3.05, 3.63) is 238 Å². The number of carbonyl (C=O) groups is 4. The van der Waals surface area contributed by atoms with E-state index in [1.54, 1.807) is 58.8 Å². The van der Waals surface area contributed by atoms with Gasteiger partial charge in [0.2, 0.25) is 0 Å². The molecule has 0 bridgehead atoms. The molecule has 4 aliphatic carbocycles. The van der Waals surface area contributed by atoms with Crippen molar-refractivity contribution in [3.63, 3.8) is 0 Å². The number of methoxy groups -OCH3 is 4. The van der Waals surface area contributed by atoms with Crippen LogP contribution in [0.15, 0.2) is 170 Å². The monoisotopic (exact) mass is 1510 g/mol. The summed E-state index contributed by atoms with van der Waals surface area (Å²) in [4.78, 5) is 73.2. The summed E-state index contributed by atoms with van der Waals surface area (Å²) in [6, 6.07) is 29.5. The minimum atomic E-state index is -1.23. The van der Waals surface area contributed by atoms with Crippen LogP contribution in [-0.2, 0) is 63.8 Å². The van der Waals surface area contributed by atoms with Gasteiger partial charge in [0.25, 0.3) is 22.8 Å². The Labute approximate surface area is 644 Å². The largest absolute Gasteiger partial charge is 0.497 e. The number of nitrogens with zero attached hydrogens (tertiary/aromatic N) is 4. The van der Waals surface area contributed by atoms with Crippen molar-refractivity contribution in [3.8, 4) is 23.0 Å². The first-order valence-electron chi connectivity index (χ1n) is 35.5. The molecule has 4 aromatic carbocycles. The molecule has 4 aliphatic rings. The smallest absolute Gasteiger partial charge is 0.332 e. The second-order valence-corrected chi connectivity index (χ2v) is 27.1. The number of rotatable bonds is 30. The van der Waals surface area contributed by atoms with Crippen LogP contribution in [0.25, 0.3) is 19.4 Å². The van der Waals surface area contributed by atoms with E-state index in [1.807, 2.05) is 84.9 Å². The molecule has 0 heterocycles. The zero-order valence-corrected chi connectivity index (χ0v) is 63.4. The summed E-state index contributed by atoms with van der Waals surface area (Å²) >= 11 is 0. The third kappa shape index (κ3) is 22.9. The van der Waals surface area contributed by atoms with E-state index < -0.39 is 132 Å². The van der Waals surface area contributed by atoms with Crippen LogP contribution >= 0.6 is 0 Å². The van der Waals surface area contributed by atoms with Crippen molar-refractivity contribution in [2.24, 2.45) is 23.7 Å². The number of hydrogen-bond donors (Lipinski definition) is 10. The van der Waals surface area contributed by atoms with E-state index in [4.69, 9.17) is 74.4 Å². The van der Waals surface area contributed by atoms with E-state index in [1.165, 1.54) is 19.9 Å². The van der Waals surface area contributed by atoms with Gasteiger partial charge in [0, 0.05) is 13.8 Å². The summed E-state index contributed by atoms with van der Waals surface area (Å²) < 4.78 is 42.5. The molecular formula is C84H104N8O18+4. The Bertz CT molecular complexity index is 4120. The van der Waals surface area contributed by atoms with Gasteiger partial charge in [-0.3, -0.25) is 29.0 Å². The molecule has 0 amide bonds. The third-order valence-corrected chi connectivity index (χ3v) is 20.5. The number of esters is 4. The van der Waals surface area contributed by atoms with E-state index >= 15 is 0 Å². The lowest BCUT2D eigenvalue weighted by Gasteiger charge is -2.38. The molecule has 16 atom stereocenters. The zero-order valence-electron chi connectivity index (χ0n) is 63.4. The van der Waals surface area contributed by atoms with E-state index in [-0.39, 0.29) is 25.7 Å². The summed E-state index contributed by atoms with van der Waals surface area (Å²) in [6.07, 6.45) is 5.41. The number of benzene rings is 4. The topological polar surface area (TPSA) is 337 Å². The second-order valence-electron chi connectivity index (χ2n) is 27.1. The minimum absolute atomic E-state index is 0.194. The van der Waals surface area contributed by atoms with Gasteiger partial charge >= 0.3 is 46.0 Å². The number of aliphatic hydroxyl groups excluding tert-OH is 6. The maximum atomic E-state index is 11.7. The first-order chi connectivity index (χ1) is 52.5. The predicted octanol–water partition coefficient (Wildman–Crippen LogP) is 2.63.